The number of halogens is 3. The van der Waals surface area contributed by atoms with Gasteiger partial charge >= 0.3 is 5.97 Å². The van der Waals surface area contributed by atoms with Crippen molar-refractivity contribution >= 4 is 40.2 Å². The second-order valence-electron chi connectivity index (χ2n) is 4.52. The van der Waals surface area contributed by atoms with Crippen molar-refractivity contribution in [1.29, 1.82) is 0 Å². The van der Waals surface area contributed by atoms with Gasteiger partial charge in [-0.2, -0.15) is 0 Å². The highest BCUT2D eigenvalue weighted by atomic mass is 35.5. The number of alkyl halides is 1. The van der Waals surface area contributed by atoms with Crippen LogP contribution in [0, 0.1) is 5.82 Å². The summed E-state index contributed by atoms with van der Waals surface area (Å²) in [6.07, 6.45) is 0.458. The molecule has 1 heterocycles. The minimum absolute atomic E-state index is 0.00615. The summed E-state index contributed by atoms with van der Waals surface area (Å²) in [5, 5.41) is -0.00615. The summed E-state index contributed by atoms with van der Waals surface area (Å²) in [6.45, 7) is 3.69. The zero-order valence-electron chi connectivity index (χ0n) is 11.7. The van der Waals surface area contributed by atoms with Crippen LogP contribution in [0.4, 0.5) is 4.39 Å². The van der Waals surface area contributed by atoms with E-state index in [1.165, 1.54) is 12.1 Å². The Labute approximate surface area is 131 Å². The molecule has 114 valence electrons. The van der Waals surface area contributed by atoms with Crippen molar-refractivity contribution in [1.82, 2.24) is 9.55 Å². The fourth-order valence-corrected chi connectivity index (χ4v) is 2.53. The van der Waals surface area contributed by atoms with Gasteiger partial charge in [0.15, 0.2) is 0 Å². The molecule has 0 spiro atoms. The number of aryl methyl sites for hydroxylation is 1. The number of benzene rings is 1. The van der Waals surface area contributed by atoms with E-state index in [0.29, 0.717) is 29.2 Å². The number of esters is 1. The maximum atomic E-state index is 13.7. The predicted octanol–water partition coefficient (Wildman–Crippen LogP) is 3.73. The summed E-state index contributed by atoms with van der Waals surface area (Å²) in [6, 6.07) is 2.10. The Balaban J connectivity index is 2.60. The highest BCUT2D eigenvalue weighted by Crippen LogP contribution is 2.27. The van der Waals surface area contributed by atoms with Crippen molar-refractivity contribution in [3.8, 4) is 0 Å². The number of aromatic nitrogens is 2. The van der Waals surface area contributed by atoms with Crippen molar-refractivity contribution in [2.75, 3.05) is 12.5 Å². The number of fused-ring (bicyclic) bond motifs is 1. The number of hydrogen-bond donors (Lipinski definition) is 0. The van der Waals surface area contributed by atoms with E-state index >= 15 is 0 Å². The zero-order chi connectivity index (χ0) is 15.6. The highest BCUT2D eigenvalue weighted by molar-refractivity contribution is 6.31. The molecule has 0 aliphatic heterocycles. The molecule has 0 N–H and O–H groups in total. The van der Waals surface area contributed by atoms with Crippen LogP contribution in [-0.2, 0) is 16.0 Å². The van der Waals surface area contributed by atoms with Crippen LogP contribution in [0.3, 0.4) is 0 Å². The number of hydrogen-bond acceptors (Lipinski definition) is 3. The summed E-state index contributed by atoms with van der Waals surface area (Å²) in [4.78, 5) is 16.4. The van der Waals surface area contributed by atoms with E-state index in [0.717, 1.165) is 0 Å². The van der Waals surface area contributed by atoms with Gasteiger partial charge in [-0.3, -0.25) is 0 Å². The average Bonchev–Trinajstić information content (AvgIpc) is 2.76. The summed E-state index contributed by atoms with van der Waals surface area (Å²) >= 11 is 11.6. The second kappa shape index (κ2) is 6.62. The Morgan fingerprint density at radius 3 is 2.86 bits per heavy atom. The molecule has 0 aliphatic carbocycles. The first-order valence-corrected chi connectivity index (χ1v) is 7.49. The van der Waals surface area contributed by atoms with E-state index in [9.17, 15) is 9.18 Å². The van der Waals surface area contributed by atoms with Crippen LogP contribution in [0.2, 0.25) is 5.02 Å². The lowest BCUT2D eigenvalue weighted by Crippen LogP contribution is -2.21. The average molecular weight is 333 g/mol. The molecule has 0 aliphatic rings. The first-order chi connectivity index (χ1) is 9.99. The zero-order valence-corrected chi connectivity index (χ0v) is 13.2. The van der Waals surface area contributed by atoms with Crippen molar-refractivity contribution in [2.45, 2.75) is 26.3 Å². The van der Waals surface area contributed by atoms with Crippen molar-refractivity contribution < 1.29 is 13.9 Å². The van der Waals surface area contributed by atoms with Gasteiger partial charge in [-0.05, 0) is 19.9 Å². The SMILES string of the molecule is CCOC(=O)C(C)n1c(CCCl)nc2cc(Cl)c(F)cc21. The van der Waals surface area contributed by atoms with Crippen LogP contribution in [0.5, 0.6) is 0 Å². The maximum Gasteiger partial charge on any atom is 0.328 e. The summed E-state index contributed by atoms with van der Waals surface area (Å²) in [5.74, 6) is -0.0151. The van der Waals surface area contributed by atoms with E-state index in [4.69, 9.17) is 27.9 Å². The standard InChI is InChI=1S/C14H15Cl2FN2O2/c1-3-21-14(20)8(2)19-12-7-10(17)9(16)6-11(12)18-13(19)4-5-15/h6-8H,3-5H2,1-2H3. The van der Waals surface area contributed by atoms with Crippen LogP contribution >= 0.6 is 23.2 Å². The molecule has 0 fully saturated rings. The summed E-state index contributed by atoms with van der Waals surface area (Å²) in [5.41, 5.74) is 1.02. The third-order valence-electron chi connectivity index (χ3n) is 3.14. The molecule has 2 aromatic rings. The fraction of sp³-hybridized carbons (Fsp3) is 0.429. The number of nitrogens with zero attached hydrogens (tertiary/aromatic N) is 2. The molecule has 1 unspecified atom stereocenters. The minimum atomic E-state index is -0.617. The Morgan fingerprint density at radius 1 is 1.52 bits per heavy atom. The largest absolute Gasteiger partial charge is 0.464 e. The molecule has 21 heavy (non-hydrogen) atoms. The summed E-state index contributed by atoms with van der Waals surface area (Å²) in [7, 11) is 0. The molecule has 2 rings (SSSR count). The van der Waals surface area contributed by atoms with Gasteiger partial charge in [-0.15, -0.1) is 11.6 Å². The smallest absolute Gasteiger partial charge is 0.328 e. The molecule has 7 heteroatoms. The third kappa shape index (κ3) is 3.14. The first kappa shape index (κ1) is 16.0. The van der Waals surface area contributed by atoms with Crippen LogP contribution in [0.1, 0.15) is 25.7 Å². The molecule has 0 bridgehead atoms. The molecule has 1 atom stereocenters. The van der Waals surface area contributed by atoms with E-state index in [1.54, 1.807) is 18.4 Å². The van der Waals surface area contributed by atoms with Crippen LogP contribution in [0.15, 0.2) is 12.1 Å². The van der Waals surface area contributed by atoms with Crippen LogP contribution < -0.4 is 0 Å². The monoisotopic (exact) mass is 332 g/mol. The van der Waals surface area contributed by atoms with E-state index in [1.807, 2.05) is 0 Å². The quantitative estimate of drug-likeness (QED) is 0.619. The van der Waals surface area contributed by atoms with E-state index in [2.05, 4.69) is 4.98 Å². The highest BCUT2D eigenvalue weighted by Gasteiger charge is 2.23. The molecule has 1 aromatic carbocycles. The number of imidazole rings is 1. The Kier molecular flexibility index (Phi) is 5.06. The predicted molar refractivity (Wildman–Crippen MR) is 80.5 cm³/mol. The minimum Gasteiger partial charge on any atom is -0.464 e. The normalized spacial score (nSPS) is 12.6. The maximum absolute atomic E-state index is 13.7. The molecule has 0 radical (unpaired) electrons. The van der Waals surface area contributed by atoms with E-state index < -0.39 is 17.8 Å². The molecule has 4 nitrogen and oxygen atoms in total. The molecular weight excluding hydrogens is 318 g/mol. The van der Waals surface area contributed by atoms with Crippen LogP contribution in [-0.4, -0.2) is 28.0 Å². The lowest BCUT2D eigenvalue weighted by atomic mass is 10.2. The fourth-order valence-electron chi connectivity index (χ4n) is 2.20. The van der Waals surface area contributed by atoms with Gasteiger partial charge < -0.3 is 9.30 Å². The van der Waals surface area contributed by atoms with Gasteiger partial charge in [0.2, 0.25) is 0 Å². The number of rotatable bonds is 5. The van der Waals surface area contributed by atoms with Gasteiger partial charge in [0.1, 0.15) is 17.7 Å². The topological polar surface area (TPSA) is 44.1 Å². The van der Waals surface area contributed by atoms with Crippen molar-refractivity contribution in [3.05, 3.63) is 28.8 Å². The second-order valence-corrected chi connectivity index (χ2v) is 5.31. The van der Waals surface area contributed by atoms with Gasteiger partial charge in [0.05, 0.1) is 22.7 Å². The molecule has 0 saturated carbocycles. The van der Waals surface area contributed by atoms with Gasteiger partial charge in [-0.1, -0.05) is 11.6 Å². The Bertz CT molecular complexity index is 673. The Hall–Kier alpha value is -1.33. The van der Waals surface area contributed by atoms with Crippen LogP contribution in [0.25, 0.3) is 11.0 Å². The van der Waals surface area contributed by atoms with Gasteiger partial charge in [0, 0.05) is 18.4 Å². The van der Waals surface area contributed by atoms with Gasteiger partial charge in [-0.25, -0.2) is 14.2 Å². The first-order valence-electron chi connectivity index (χ1n) is 6.58. The number of carbonyl (C=O) groups excluding carboxylic acids is 1. The number of ether oxygens (including phenoxy) is 1. The molecular formula is C14H15Cl2FN2O2. The van der Waals surface area contributed by atoms with E-state index in [-0.39, 0.29) is 11.6 Å². The van der Waals surface area contributed by atoms with Crippen molar-refractivity contribution in [3.63, 3.8) is 0 Å². The lowest BCUT2D eigenvalue weighted by Gasteiger charge is -2.16. The Morgan fingerprint density at radius 2 is 2.24 bits per heavy atom. The summed E-state index contributed by atoms with van der Waals surface area (Å²) < 4.78 is 20.4. The third-order valence-corrected chi connectivity index (χ3v) is 3.62. The molecule has 0 amide bonds. The lowest BCUT2D eigenvalue weighted by molar-refractivity contribution is -0.146. The molecule has 1 aromatic heterocycles. The van der Waals surface area contributed by atoms with Gasteiger partial charge in [0.25, 0.3) is 0 Å². The number of carbonyl (C=O) groups is 1. The molecule has 0 saturated heterocycles. The van der Waals surface area contributed by atoms with Crippen molar-refractivity contribution in [2.24, 2.45) is 0 Å².